The van der Waals surface area contributed by atoms with Crippen molar-refractivity contribution >= 4 is 21.6 Å². The van der Waals surface area contributed by atoms with Crippen LogP contribution in [0.15, 0.2) is 23.4 Å². The molecule has 1 atom stereocenters. The van der Waals surface area contributed by atoms with Crippen LogP contribution in [0, 0.1) is 5.82 Å². The van der Waals surface area contributed by atoms with E-state index in [0.29, 0.717) is 5.82 Å². The van der Waals surface area contributed by atoms with E-state index in [1.54, 1.807) is 6.92 Å². The average molecular weight is 334 g/mol. The molecule has 0 spiro atoms. The van der Waals surface area contributed by atoms with Crippen LogP contribution in [0.2, 0.25) is 5.02 Å². The van der Waals surface area contributed by atoms with Gasteiger partial charge in [-0.15, -0.1) is 0 Å². The van der Waals surface area contributed by atoms with Crippen molar-refractivity contribution in [2.75, 3.05) is 0 Å². The van der Waals surface area contributed by atoms with Gasteiger partial charge in [-0.25, -0.2) is 22.5 Å². The number of halogens is 2. The van der Waals surface area contributed by atoms with E-state index in [4.69, 9.17) is 17.3 Å². The molecule has 1 unspecified atom stereocenters. The van der Waals surface area contributed by atoms with Crippen molar-refractivity contribution < 1.29 is 12.8 Å². The number of aromatic amines is 1. The predicted octanol–water partition coefficient (Wildman–Crippen LogP) is 1.10. The van der Waals surface area contributed by atoms with Crippen molar-refractivity contribution in [2.45, 2.75) is 24.4 Å². The molecule has 0 amide bonds. The summed E-state index contributed by atoms with van der Waals surface area (Å²) in [6.45, 7) is 1.39. The highest BCUT2D eigenvalue weighted by molar-refractivity contribution is 7.89. The van der Waals surface area contributed by atoms with Crippen LogP contribution in [-0.2, 0) is 16.6 Å². The van der Waals surface area contributed by atoms with Crippen LogP contribution >= 0.6 is 11.6 Å². The van der Waals surface area contributed by atoms with E-state index in [1.807, 2.05) is 0 Å². The van der Waals surface area contributed by atoms with Gasteiger partial charge < -0.3 is 5.73 Å². The molecular weight excluding hydrogens is 321 g/mol. The molecule has 2 rings (SSSR count). The molecule has 0 aliphatic carbocycles. The second-order valence-electron chi connectivity index (χ2n) is 4.29. The second-order valence-corrected chi connectivity index (χ2v) is 6.41. The minimum atomic E-state index is -4.12. The number of nitrogens with zero attached hydrogens (tertiary/aromatic N) is 2. The van der Waals surface area contributed by atoms with Crippen LogP contribution in [-0.4, -0.2) is 23.6 Å². The molecule has 0 aliphatic rings. The Morgan fingerprint density at radius 1 is 1.52 bits per heavy atom. The number of aromatic nitrogens is 3. The number of sulfonamides is 1. The van der Waals surface area contributed by atoms with E-state index in [2.05, 4.69) is 19.9 Å². The molecule has 0 bridgehead atoms. The fourth-order valence-corrected chi connectivity index (χ4v) is 3.40. The van der Waals surface area contributed by atoms with Crippen LogP contribution in [0.4, 0.5) is 4.39 Å². The van der Waals surface area contributed by atoms with E-state index in [0.717, 1.165) is 6.07 Å². The largest absolute Gasteiger partial charge is 0.326 e. The molecule has 1 heterocycles. The molecule has 0 radical (unpaired) electrons. The zero-order valence-corrected chi connectivity index (χ0v) is 12.5. The first kappa shape index (κ1) is 15.8. The molecule has 0 saturated carbocycles. The Morgan fingerprint density at radius 2 is 2.24 bits per heavy atom. The summed E-state index contributed by atoms with van der Waals surface area (Å²) in [5.74, 6) is -0.612. The summed E-state index contributed by atoms with van der Waals surface area (Å²) >= 11 is 5.80. The zero-order chi connectivity index (χ0) is 15.6. The average Bonchev–Trinajstić information content (AvgIpc) is 2.94. The number of hydrogen-bond acceptors (Lipinski definition) is 5. The van der Waals surface area contributed by atoms with Gasteiger partial charge in [0.2, 0.25) is 10.0 Å². The molecule has 21 heavy (non-hydrogen) atoms. The van der Waals surface area contributed by atoms with E-state index in [9.17, 15) is 12.8 Å². The molecule has 1 aromatic heterocycles. The van der Waals surface area contributed by atoms with E-state index in [1.165, 1.54) is 12.4 Å². The summed E-state index contributed by atoms with van der Waals surface area (Å²) in [5.41, 5.74) is 5.40. The molecule has 0 fully saturated rings. The van der Waals surface area contributed by atoms with Gasteiger partial charge in [0.15, 0.2) is 0 Å². The highest BCUT2D eigenvalue weighted by Gasteiger charge is 2.25. The quantitative estimate of drug-likeness (QED) is 0.758. The summed E-state index contributed by atoms with van der Waals surface area (Å²) in [5, 5.41) is 6.24. The summed E-state index contributed by atoms with van der Waals surface area (Å²) in [4.78, 5) is 3.28. The maximum atomic E-state index is 14.1. The molecule has 2 aromatic rings. The Kier molecular flexibility index (Phi) is 4.57. The van der Waals surface area contributed by atoms with Gasteiger partial charge in [0, 0.05) is 17.1 Å². The van der Waals surface area contributed by atoms with Gasteiger partial charge in [-0.3, -0.25) is 5.10 Å². The van der Waals surface area contributed by atoms with Gasteiger partial charge >= 0.3 is 0 Å². The zero-order valence-electron chi connectivity index (χ0n) is 11.0. The van der Waals surface area contributed by atoms with Crippen molar-refractivity contribution in [1.29, 1.82) is 0 Å². The first-order chi connectivity index (χ1) is 9.85. The number of rotatable bonds is 5. The van der Waals surface area contributed by atoms with Crippen LogP contribution < -0.4 is 10.5 Å². The number of hydrogen-bond donors (Lipinski definition) is 3. The van der Waals surface area contributed by atoms with Gasteiger partial charge in [0.1, 0.15) is 22.9 Å². The number of H-pyrrole nitrogens is 1. The molecule has 4 N–H and O–H groups in total. The smallest absolute Gasteiger partial charge is 0.244 e. The summed E-state index contributed by atoms with van der Waals surface area (Å²) < 4.78 is 41.0. The predicted molar refractivity (Wildman–Crippen MR) is 74.4 cm³/mol. The molecule has 10 heteroatoms. The van der Waals surface area contributed by atoms with Gasteiger partial charge in [0.05, 0.1) is 6.04 Å². The number of nitrogens with one attached hydrogen (secondary N) is 2. The second kappa shape index (κ2) is 6.06. The number of nitrogens with two attached hydrogens (primary N) is 1. The number of benzene rings is 1. The van der Waals surface area contributed by atoms with Crippen molar-refractivity contribution in [1.82, 2.24) is 19.9 Å². The fourth-order valence-electron chi connectivity index (χ4n) is 1.74. The third-order valence-corrected chi connectivity index (χ3v) is 4.52. The lowest BCUT2D eigenvalue weighted by Gasteiger charge is -2.14. The van der Waals surface area contributed by atoms with Crippen molar-refractivity contribution in [3.8, 4) is 0 Å². The minimum Gasteiger partial charge on any atom is -0.326 e. The summed E-state index contributed by atoms with van der Waals surface area (Å²) in [6.07, 6.45) is 1.24. The van der Waals surface area contributed by atoms with Gasteiger partial charge in [-0.2, -0.15) is 5.10 Å². The maximum absolute atomic E-state index is 14.1. The molecule has 114 valence electrons. The Hall–Kier alpha value is -1.55. The lowest BCUT2D eigenvalue weighted by Crippen LogP contribution is -2.28. The van der Waals surface area contributed by atoms with Crippen molar-refractivity contribution in [2.24, 2.45) is 5.73 Å². The van der Waals surface area contributed by atoms with Crippen LogP contribution in [0.3, 0.4) is 0 Å². The minimum absolute atomic E-state index is 0.0233. The van der Waals surface area contributed by atoms with Gasteiger partial charge in [-0.1, -0.05) is 11.6 Å². The first-order valence-electron chi connectivity index (χ1n) is 5.90. The molecule has 7 nitrogen and oxygen atoms in total. The highest BCUT2D eigenvalue weighted by Crippen LogP contribution is 2.24. The molecule has 0 aliphatic heterocycles. The van der Waals surface area contributed by atoms with Crippen molar-refractivity contribution in [3.63, 3.8) is 0 Å². The van der Waals surface area contributed by atoms with Crippen LogP contribution in [0.5, 0.6) is 0 Å². The van der Waals surface area contributed by atoms with E-state index in [-0.39, 0.29) is 17.1 Å². The topological polar surface area (TPSA) is 114 Å². The third-order valence-electron chi connectivity index (χ3n) is 2.76. The molecule has 0 saturated heterocycles. The van der Waals surface area contributed by atoms with E-state index >= 15 is 0 Å². The fraction of sp³-hybridized carbons (Fsp3) is 0.273. The maximum Gasteiger partial charge on any atom is 0.244 e. The summed E-state index contributed by atoms with van der Waals surface area (Å²) in [6, 6.07) is 1.61. The van der Waals surface area contributed by atoms with Gasteiger partial charge in [-0.05, 0) is 19.1 Å². The van der Waals surface area contributed by atoms with E-state index < -0.39 is 26.8 Å². The Bertz CT molecular complexity index is 735. The molecule has 1 aromatic carbocycles. The molecular formula is C11H13ClFN5O2S. The highest BCUT2D eigenvalue weighted by atomic mass is 35.5. The standard InChI is InChI=1S/C11H13ClFN5O2S/c1-6(11-15-5-16-17-11)18-21(19,20)9-3-8(12)2-7(4-14)10(9)13/h2-3,5-6,18H,4,14H2,1H3,(H,15,16,17). The lowest BCUT2D eigenvalue weighted by atomic mass is 10.2. The van der Waals surface area contributed by atoms with Crippen molar-refractivity contribution in [3.05, 3.63) is 40.7 Å². The summed E-state index contributed by atoms with van der Waals surface area (Å²) in [7, 11) is -4.12. The normalized spacial score (nSPS) is 13.3. The SMILES string of the molecule is CC(NS(=O)(=O)c1cc(Cl)cc(CN)c1F)c1ncn[nH]1. The third kappa shape index (κ3) is 3.38. The Labute approximate surface area is 125 Å². The lowest BCUT2D eigenvalue weighted by molar-refractivity contribution is 0.537. The van der Waals surface area contributed by atoms with Crippen LogP contribution in [0.25, 0.3) is 0 Å². The first-order valence-corrected chi connectivity index (χ1v) is 7.77. The Balaban J connectivity index is 2.38. The van der Waals surface area contributed by atoms with Gasteiger partial charge in [0.25, 0.3) is 0 Å². The Morgan fingerprint density at radius 3 is 2.81 bits per heavy atom. The van der Waals surface area contributed by atoms with Crippen LogP contribution in [0.1, 0.15) is 24.4 Å². The monoisotopic (exact) mass is 333 g/mol.